The van der Waals surface area contributed by atoms with Crippen LogP contribution in [-0.2, 0) is 0 Å². The minimum atomic E-state index is -0.300. The molecule has 0 unspecified atom stereocenters. The number of benzene rings is 2. The van der Waals surface area contributed by atoms with Gasteiger partial charge in [0.25, 0.3) is 23.6 Å². The van der Waals surface area contributed by atoms with E-state index in [0.717, 1.165) is 18.2 Å². The SMILES string of the molecule is O=C1NC(=O)c2ccccc21.O=C1c2ccccc2C(=O)N1CCCCCCCCBr.[KH]. The van der Waals surface area contributed by atoms with Crippen LogP contribution in [0.2, 0.25) is 0 Å². The van der Waals surface area contributed by atoms with Crippen molar-refractivity contribution in [3.8, 4) is 0 Å². The van der Waals surface area contributed by atoms with Crippen LogP contribution in [0, 0.1) is 0 Å². The van der Waals surface area contributed by atoms with Crippen LogP contribution in [0.5, 0.6) is 0 Å². The molecule has 0 saturated carbocycles. The van der Waals surface area contributed by atoms with E-state index in [1.807, 2.05) is 0 Å². The van der Waals surface area contributed by atoms with Gasteiger partial charge in [-0.1, -0.05) is 65.9 Å². The van der Waals surface area contributed by atoms with Crippen LogP contribution in [0.1, 0.15) is 80.0 Å². The Morgan fingerprint density at radius 3 is 1.50 bits per heavy atom. The van der Waals surface area contributed by atoms with Gasteiger partial charge in [0.2, 0.25) is 0 Å². The first-order valence-electron chi connectivity index (χ1n) is 10.5. The van der Waals surface area contributed by atoms with E-state index in [0.29, 0.717) is 28.8 Å². The molecule has 4 rings (SSSR count). The van der Waals surface area contributed by atoms with Crippen LogP contribution in [0.15, 0.2) is 48.5 Å². The minimum absolute atomic E-state index is 0. The number of hydrogen-bond donors (Lipinski definition) is 1. The first-order chi connectivity index (χ1) is 15.0. The molecule has 0 aliphatic carbocycles. The fraction of sp³-hybridized carbons (Fsp3) is 0.333. The monoisotopic (exact) mass is 524 g/mol. The summed E-state index contributed by atoms with van der Waals surface area (Å²) in [6, 6.07) is 13.8. The van der Waals surface area contributed by atoms with Gasteiger partial charge in [0, 0.05) is 11.9 Å². The van der Waals surface area contributed by atoms with Crippen LogP contribution >= 0.6 is 15.9 Å². The third-order valence-electron chi connectivity index (χ3n) is 5.29. The van der Waals surface area contributed by atoms with Gasteiger partial charge in [-0.3, -0.25) is 29.4 Å². The van der Waals surface area contributed by atoms with E-state index in [2.05, 4.69) is 21.2 Å². The third kappa shape index (κ3) is 6.68. The molecule has 0 radical (unpaired) electrons. The van der Waals surface area contributed by atoms with Crippen LogP contribution in [0.25, 0.3) is 0 Å². The normalized spacial score (nSPS) is 13.7. The van der Waals surface area contributed by atoms with Crippen molar-refractivity contribution in [2.24, 2.45) is 0 Å². The van der Waals surface area contributed by atoms with Crippen molar-refractivity contribution in [2.75, 3.05) is 11.9 Å². The molecule has 0 aromatic heterocycles. The van der Waals surface area contributed by atoms with Crippen LogP contribution in [0.4, 0.5) is 0 Å². The molecule has 2 aromatic carbocycles. The van der Waals surface area contributed by atoms with Gasteiger partial charge in [0.05, 0.1) is 22.3 Å². The van der Waals surface area contributed by atoms with Gasteiger partial charge >= 0.3 is 51.4 Å². The van der Waals surface area contributed by atoms with Crippen molar-refractivity contribution in [3.05, 3.63) is 70.8 Å². The Kier molecular flexibility index (Phi) is 11.4. The Hall–Kier alpha value is -1.16. The number of nitrogens with one attached hydrogen (secondary N) is 1. The van der Waals surface area contributed by atoms with Gasteiger partial charge in [-0.15, -0.1) is 0 Å². The van der Waals surface area contributed by atoms with Crippen molar-refractivity contribution in [3.63, 3.8) is 0 Å². The summed E-state index contributed by atoms with van der Waals surface area (Å²) in [6.45, 7) is 0.546. The van der Waals surface area contributed by atoms with Gasteiger partial charge in [-0.25, -0.2) is 0 Å². The van der Waals surface area contributed by atoms with Gasteiger partial charge in [-0.05, 0) is 37.1 Å². The van der Waals surface area contributed by atoms with E-state index < -0.39 is 0 Å². The number of imide groups is 2. The van der Waals surface area contributed by atoms with Crippen LogP contribution < -0.4 is 5.32 Å². The summed E-state index contributed by atoms with van der Waals surface area (Å²) in [6.07, 6.45) is 6.86. The second-order valence-corrected chi connectivity index (χ2v) is 8.24. The van der Waals surface area contributed by atoms with Crippen molar-refractivity contribution < 1.29 is 19.2 Å². The Morgan fingerprint density at radius 1 is 0.625 bits per heavy atom. The average molecular weight is 525 g/mol. The van der Waals surface area contributed by atoms with E-state index >= 15 is 0 Å². The van der Waals surface area contributed by atoms with Crippen molar-refractivity contribution in [1.29, 1.82) is 0 Å². The van der Waals surface area contributed by atoms with E-state index in [9.17, 15) is 19.2 Å². The van der Waals surface area contributed by atoms with Crippen LogP contribution in [-0.4, -0.2) is 91.8 Å². The second-order valence-electron chi connectivity index (χ2n) is 7.45. The number of halogens is 1. The molecule has 32 heavy (non-hydrogen) atoms. The topological polar surface area (TPSA) is 83.5 Å². The van der Waals surface area contributed by atoms with E-state index in [1.54, 1.807) is 48.5 Å². The molecule has 0 bridgehead atoms. The molecule has 4 amide bonds. The molecule has 2 aliphatic heterocycles. The number of unbranched alkanes of at least 4 members (excludes halogenated alkanes) is 5. The number of carbonyl (C=O) groups is 4. The number of fused-ring (bicyclic) bond motifs is 2. The fourth-order valence-corrected chi connectivity index (χ4v) is 4.03. The third-order valence-corrected chi connectivity index (χ3v) is 5.85. The molecule has 8 heteroatoms. The number of amides is 4. The number of alkyl halides is 1. The summed E-state index contributed by atoms with van der Waals surface area (Å²) in [7, 11) is 0. The van der Waals surface area contributed by atoms with Crippen molar-refractivity contribution in [2.45, 2.75) is 38.5 Å². The zero-order chi connectivity index (χ0) is 22.2. The van der Waals surface area contributed by atoms with Gasteiger partial charge in [0.15, 0.2) is 0 Å². The number of nitrogens with zero attached hydrogens (tertiary/aromatic N) is 1. The molecule has 2 aromatic rings. The first-order valence-corrected chi connectivity index (χ1v) is 11.6. The molecule has 0 fully saturated rings. The van der Waals surface area contributed by atoms with Gasteiger partial charge < -0.3 is 0 Å². The quantitative estimate of drug-likeness (QED) is 0.245. The maximum atomic E-state index is 12.1. The van der Waals surface area contributed by atoms with Crippen LogP contribution in [0.3, 0.4) is 0 Å². The zero-order valence-electron chi connectivity index (χ0n) is 17.2. The Labute approximate surface area is 239 Å². The molecule has 6 nitrogen and oxygen atoms in total. The molecule has 164 valence electrons. The summed E-state index contributed by atoms with van der Waals surface area (Å²) in [5, 5.41) is 3.28. The zero-order valence-corrected chi connectivity index (χ0v) is 18.8. The van der Waals surface area contributed by atoms with Gasteiger partial charge in [0.1, 0.15) is 0 Å². The van der Waals surface area contributed by atoms with E-state index in [1.165, 1.54) is 30.6 Å². The predicted molar refractivity (Wildman–Crippen MR) is 129 cm³/mol. The molecule has 2 heterocycles. The fourth-order valence-electron chi connectivity index (χ4n) is 3.63. The summed E-state index contributed by atoms with van der Waals surface area (Å²) in [5.41, 5.74) is 2.04. The molecule has 0 atom stereocenters. The summed E-state index contributed by atoms with van der Waals surface area (Å²) in [4.78, 5) is 47.5. The summed E-state index contributed by atoms with van der Waals surface area (Å²) >= 11 is 3.42. The number of carbonyl (C=O) groups excluding carboxylic acids is 4. The summed E-state index contributed by atoms with van der Waals surface area (Å²) in [5.74, 6) is -0.869. The Morgan fingerprint density at radius 2 is 1.03 bits per heavy atom. The molecule has 0 saturated heterocycles. The summed E-state index contributed by atoms with van der Waals surface area (Å²) < 4.78 is 0. The predicted octanol–water partition coefficient (Wildman–Crippen LogP) is 3.94. The van der Waals surface area contributed by atoms with Crippen molar-refractivity contribution in [1.82, 2.24) is 10.2 Å². The standard InChI is InChI=1S/C16H20BrNO2.C8H5NO2.K.H/c17-11-7-3-1-2-4-8-12-18-15(19)13-9-5-6-10-14(13)16(18)20;10-7-5-3-1-2-4-6(5)8(11)9-7;;/h5-6,9-10H,1-4,7-8,11-12H2;1-4H,(H,9,10,11);;. The first kappa shape index (κ1) is 27.1. The van der Waals surface area contributed by atoms with E-state index in [4.69, 9.17) is 0 Å². The molecular weight excluding hydrogens is 499 g/mol. The number of rotatable bonds is 8. The maximum absolute atomic E-state index is 12.1. The Bertz CT molecular complexity index is 927. The molecule has 1 N–H and O–H groups in total. The number of hydrogen-bond acceptors (Lipinski definition) is 4. The molecule has 2 aliphatic rings. The molecular formula is C24H26BrKN2O4. The molecule has 0 spiro atoms. The van der Waals surface area contributed by atoms with E-state index in [-0.39, 0.29) is 75.0 Å². The Balaban J connectivity index is 0.000000255. The second kappa shape index (κ2) is 13.5. The van der Waals surface area contributed by atoms with Gasteiger partial charge in [-0.2, -0.15) is 0 Å². The van der Waals surface area contributed by atoms with Crippen molar-refractivity contribution >= 4 is 90.9 Å². The average Bonchev–Trinajstić information content (AvgIpc) is 3.21.